The second-order valence-electron chi connectivity index (χ2n) is 10.2. The van der Waals surface area contributed by atoms with E-state index in [0.29, 0.717) is 23.4 Å². The van der Waals surface area contributed by atoms with Crippen LogP contribution in [0.2, 0.25) is 5.02 Å². The Balaban J connectivity index is 1.70. The van der Waals surface area contributed by atoms with Crippen LogP contribution < -0.4 is 10.9 Å². The fraction of sp³-hybridized carbons (Fsp3) is 0.258. The Morgan fingerprint density at radius 3 is 2.51 bits per heavy atom. The average molecular weight is 550 g/mol. The lowest BCUT2D eigenvalue weighted by Gasteiger charge is -2.18. The number of pyridine rings is 1. The number of benzene rings is 2. The summed E-state index contributed by atoms with van der Waals surface area (Å²) in [6.07, 6.45) is 6.89. The zero-order valence-electron chi connectivity index (χ0n) is 22.5. The first kappa shape index (κ1) is 28.2. The van der Waals surface area contributed by atoms with Gasteiger partial charge in [0.1, 0.15) is 16.7 Å². The molecule has 0 saturated heterocycles. The molecule has 3 aromatic rings. The van der Waals surface area contributed by atoms with Crippen molar-refractivity contribution in [1.29, 1.82) is 0 Å². The number of carbonyl (C=O) groups is 1. The van der Waals surface area contributed by atoms with E-state index >= 15 is 4.39 Å². The molecule has 1 atom stereocenters. The molecule has 4 rings (SSSR count). The Morgan fingerprint density at radius 1 is 1.15 bits per heavy atom. The number of nitrogens with one attached hydrogen (secondary N) is 1. The normalized spacial score (nSPS) is 15.7. The minimum absolute atomic E-state index is 0.0833. The maximum atomic E-state index is 15.8. The summed E-state index contributed by atoms with van der Waals surface area (Å²) < 4.78 is 30.4. The molecule has 1 unspecified atom stereocenters. The largest absolute Gasteiger partial charge is 0.325 e. The smallest absolute Gasteiger partial charge is 0.273 e. The van der Waals surface area contributed by atoms with E-state index in [-0.39, 0.29) is 39.5 Å². The molecule has 0 radical (unpaired) electrons. The number of carbonyl (C=O) groups excluding carboxylic acids is 1. The Labute approximate surface area is 231 Å². The first-order valence-corrected chi connectivity index (χ1v) is 13.0. The quantitative estimate of drug-likeness (QED) is 0.318. The number of aromatic nitrogens is 1. The van der Waals surface area contributed by atoms with Crippen LogP contribution in [-0.4, -0.2) is 16.2 Å². The molecule has 0 aliphatic carbocycles. The number of aliphatic imine (C=N–C) groups is 1. The van der Waals surface area contributed by atoms with Gasteiger partial charge in [-0.15, -0.1) is 0 Å². The van der Waals surface area contributed by atoms with Crippen LogP contribution in [0.15, 0.2) is 70.6 Å². The molecule has 39 heavy (non-hydrogen) atoms. The van der Waals surface area contributed by atoms with Gasteiger partial charge in [-0.1, -0.05) is 36.7 Å². The number of hydrogen-bond donors (Lipinski definition) is 1. The van der Waals surface area contributed by atoms with Crippen LogP contribution in [-0.2, 0) is 16.6 Å². The van der Waals surface area contributed by atoms with Crippen molar-refractivity contribution < 1.29 is 13.6 Å². The Kier molecular flexibility index (Phi) is 8.02. The highest BCUT2D eigenvalue weighted by Crippen LogP contribution is 2.40. The zero-order chi connectivity index (χ0) is 28.5. The summed E-state index contributed by atoms with van der Waals surface area (Å²) in [7, 11) is 0. The summed E-state index contributed by atoms with van der Waals surface area (Å²) in [6.45, 7) is 8.88. The Hall–Kier alpha value is -3.84. The molecule has 0 saturated carbocycles. The van der Waals surface area contributed by atoms with Gasteiger partial charge >= 0.3 is 0 Å². The van der Waals surface area contributed by atoms with Crippen molar-refractivity contribution in [3.8, 4) is 0 Å². The van der Waals surface area contributed by atoms with Gasteiger partial charge < -0.3 is 5.32 Å². The number of nitrogens with zero attached hydrogens (tertiary/aromatic N) is 2. The molecule has 1 amide bonds. The van der Waals surface area contributed by atoms with E-state index in [1.54, 1.807) is 64.1 Å². The summed E-state index contributed by atoms with van der Waals surface area (Å²) in [5.41, 5.74) is 2.01. The Morgan fingerprint density at radius 2 is 1.85 bits per heavy atom. The van der Waals surface area contributed by atoms with Crippen molar-refractivity contribution in [3.05, 3.63) is 116 Å². The van der Waals surface area contributed by atoms with Gasteiger partial charge in [0.2, 0.25) is 5.91 Å². The Bertz CT molecular complexity index is 1580. The number of allylic oxidation sites excluding steroid dienone is 2. The molecule has 1 aliphatic rings. The molecule has 0 spiro atoms. The van der Waals surface area contributed by atoms with Gasteiger partial charge in [-0.05, 0) is 87.6 Å². The van der Waals surface area contributed by atoms with Gasteiger partial charge in [0.25, 0.3) is 5.56 Å². The highest BCUT2D eigenvalue weighted by Gasteiger charge is 2.41. The van der Waals surface area contributed by atoms with Gasteiger partial charge in [-0.25, -0.2) is 8.78 Å². The van der Waals surface area contributed by atoms with Crippen molar-refractivity contribution in [3.63, 3.8) is 0 Å². The predicted molar refractivity (Wildman–Crippen MR) is 154 cm³/mol. The lowest BCUT2D eigenvalue weighted by atomic mass is 9.84. The summed E-state index contributed by atoms with van der Waals surface area (Å²) in [5, 5.41) is 2.81. The fourth-order valence-electron chi connectivity index (χ4n) is 4.76. The first-order valence-electron chi connectivity index (χ1n) is 12.6. The predicted octanol–water partition coefficient (Wildman–Crippen LogP) is 7.16. The monoisotopic (exact) mass is 549 g/mol. The molecule has 2 heterocycles. The lowest BCUT2D eigenvalue weighted by molar-refractivity contribution is -0.119. The molecule has 1 N–H and O–H groups in total. The molecule has 5 nitrogen and oxygen atoms in total. The van der Waals surface area contributed by atoms with Crippen molar-refractivity contribution in [2.45, 2.75) is 52.4 Å². The summed E-state index contributed by atoms with van der Waals surface area (Å²) in [5.74, 6) is -1.21. The first-order chi connectivity index (χ1) is 18.4. The van der Waals surface area contributed by atoms with Crippen molar-refractivity contribution in [2.24, 2.45) is 4.99 Å². The highest BCUT2D eigenvalue weighted by atomic mass is 35.5. The molecular weight excluding hydrogens is 520 g/mol. The number of amides is 1. The van der Waals surface area contributed by atoms with Crippen LogP contribution in [0.1, 0.15) is 61.6 Å². The van der Waals surface area contributed by atoms with Crippen LogP contribution >= 0.6 is 11.6 Å². The van der Waals surface area contributed by atoms with Gasteiger partial charge in [0.05, 0.1) is 11.1 Å². The van der Waals surface area contributed by atoms with Crippen molar-refractivity contribution in [2.75, 3.05) is 5.32 Å². The maximum absolute atomic E-state index is 15.8. The third-order valence-corrected chi connectivity index (χ3v) is 7.37. The molecule has 202 valence electrons. The van der Waals surface area contributed by atoms with Crippen molar-refractivity contribution in [1.82, 2.24) is 4.57 Å². The van der Waals surface area contributed by atoms with E-state index in [1.165, 1.54) is 29.1 Å². The molecule has 8 heteroatoms. The second kappa shape index (κ2) is 11.1. The molecule has 2 aromatic carbocycles. The van der Waals surface area contributed by atoms with E-state index in [9.17, 15) is 14.0 Å². The van der Waals surface area contributed by atoms with Crippen LogP contribution in [0.25, 0.3) is 6.20 Å². The highest BCUT2D eigenvalue weighted by molar-refractivity contribution is 6.31. The number of rotatable bonds is 7. The van der Waals surface area contributed by atoms with E-state index in [4.69, 9.17) is 11.6 Å². The summed E-state index contributed by atoms with van der Waals surface area (Å²) in [6, 6.07) is 11.3. The molecule has 0 bridgehead atoms. The summed E-state index contributed by atoms with van der Waals surface area (Å²) in [4.78, 5) is 30.0. The standard InChI is InChI=1S/C31H30ClF2N3O2/c1-6-14-35-24(22-11-12-25-26(28(22)34)31(4,5)30(39)36-25)13-15-37-19(3)17-23(27(32)29(37)38)18(2)16-20-7-9-21(33)10-8-20/h6-15,17-18H,16H2,1-5H3,(H,36,39)/b14-6+,15-13+,35-24-. The zero-order valence-corrected chi connectivity index (χ0v) is 23.2. The fourth-order valence-corrected chi connectivity index (χ4v) is 5.09. The van der Waals surface area contributed by atoms with Crippen LogP contribution in [0.5, 0.6) is 0 Å². The third-order valence-electron chi connectivity index (χ3n) is 6.99. The van der Waals surface area contributed by atoms with E-state index < -0.39 is 16.8 Å². The van der Waals surface area contributed by atoms with Gasteiger partial charge in [-0.3, -0.25) is 19.1 Å². The van der Waals surface area contributed by atoms with E-state index in [2.05, 4.69) is 10.3 Å². The molecular formula is C31H30ClF2N3O2. The number of halogens is 3. The molecule has 0 fully saturated rings. The van der Waals surface area contributed by atoms with Gasteiger partial charge in [0.15, 0.2) is 0 Å². The van der Waals surface area contributed by atoms with Gasteiger partial charge in [0, 0.05) is 34.9 Å². The van der Waals surface area contributed by atoms with E-state index in [1.807, 2.05) is 13.0 Å². The van der Waals surface area contributed by atoms with Crippen molar-refractivity contribution >= 4 is 35.1 Å². The average Bonchev–Trinajstić information content (AvgIpc) is 3.13. The van der Waals surface area contributed by atoms with E-state index in [0.717, 1.165) is 5.56 Å². The molecule has 1 aliphatic heterocycles. The second-order valence-corrected chi connectivity index (χ2v) is 10.6. The van der Waals surface area contributed by atoms with Crippen LogP contribution in [0.4, 0.5) is 14.5 Å². The summed E-state index contributed by atoms with van der Waals surface area (Å²) >= 11 is 6.54. The van der Waals surface area contributed by atoms with Crippen LogP contribution in [0, 0.1) is 18.6 Å². The number of hydrogen-bond acceptors (Lipinski definition) is 3. The van der Waals surface area contributed by atoms with Gasteiger partial charge in [-0.2, -0.15) is 0 Å². The number of anilines is 1. The maximum Gasteiger partial charge on any atom is 0.273 e. The minimum atomic E-state index is -1.04. The minimum Gasteiger partial charge on any atom is -0.325 e. The van der Waals surface area contributed by atoms with Crippen LogP contribution in [0.3, 0.4) is 0 Å². The molecule has 1 aromatic heterocycles. The third kappa shape index (κ3) is 5.50. The topological polar surface area (TPSA) is 63.5 Å². The number of aryl methyl sites for hydroxylation is 1. The number of fused-ring (bicyclic) bond motifs is 1. The lowest BCUT2D eigenvalue weighted by Crippen LogP contribution is -2.28. The SMILES string of the molecule is C/C=C/N=C(/C=C/n1c(C)cc(C(C)Cc2ccc(F)cc2)c(Cl)c1=O)c1ccc2c(c1F)C(C)(C)C(=O)N2.